The minimum Gasteiger partial charge on any atom is -0.320 e. The number of non-ortho nitro benzene ring substituents is 1. The topological polar surface area (TPSA) is 73.8 Å². The molecular formula is C12H12N4O2. The summed E-state index contributed by atoms with van der Waals surface area (Å²) in [6.45, 7) is 0. The average molecular weight is 244 g/mol. The summed E-state index contributed by atoms with van der Waals surface area (Å²) >= 11 is 0. The van der Waals surface area contributed by atoms with Gasteiger partial charge in [-0.25, -0.2) is 0 Å². The first-order valence-corrected chi connectivity index (χ1v) is 5.75. The molecule has 18 heavy (non-hydrogen) atoms. The zero-order valence-corrected chi connectivity index (χ0v) is 9.85. The number of aryl methyl sites for hydroxylation is 1. The van der Waals surface area contributed by atoms with Gasteiger partial charge in [-0.15, -0.1) is 10.2 Å². The Morgan fingerprint density at radius 1 is 1.44 bits per heavy atom. The summed E-state index contributed by atoms with van der Waals surface area (Å²) in [5, 5.41) is 18.7. The molecule has 0 bridgehead atoms. The van der Waals surface area contributed by atoms with Crippen molar-refractivity contribution in [1.29, 1.82) is 0 Å². The average Bonchev–Trinajstić information content (AvgIpc) is 3.05. The summed E-state index contributed by atoms with van der Waals surface area (Å²) in [5.74, 6) is 1.61. The van der Waals surface area contributed by atoms with Gasteiger partial charge in [0.05, 0.1) is 4.92 Å². The number of aromatic nitrogens is 3. The molecule has 1 aromatic heterocycles. The highest BCUT2D eigenvalue weighted by molar-refractivity contribution is 5.40. The van der Waals surface area contributed by atoms with Crippen molar-refractivity contribution in [3.63, 3.8) is 0 Å². The van der Waals surface area contributed by atoms with Gasteiger partial charge in [-0.05, 0) is 17.9 Å². The Balaban J connectivity index is 1.84. The molecule has 3 rings (SSSR count). The lowest BCUT2D eigenvalue weighted by Crippen LogP contribution is -1.96. The van der Waals surface area contributed by atoms with E-state index < -0.39 is 0 Å². The van der Waals surface area contributed by atoms with Gasteiger partial charge in [-0.3, -0.25) is 10.1 Å². The second-order valence-corrected chi connectivity index (χ2v) is 4.60. The molecular weight excluding hydrogens is 232 g/mol. The van der Waals surface area contributed by atoms with Gasteiger partial charge in [0.25, 0.3) is 5.69 Å². The van der Waals surface area contributed by atoms with Crippen LogP contribution in [0.25, 0.3) is 0 Å². The molecule has 6 nitrogen and oxygen atoms in total. The maximum atomic E-state index is 10.7. The van der Waals surface area contributed by atoms with E-state index in [1.54, 1.807) is 18.5 Å². The molecule has 0 aliphatic heterocycles. The lowest BCUT2D eigenvalue weighted by molar-refractivity contribution is -0.384. The Kier molecular flexibility index (Phi) is 2.36. The van der Waals surface area contributed by atoms with Crippen LogP contribution in [0.2, 0.25) is 0 Å². The summed E-state index contributed by atoms with van der Waals surface area (Å²) in [6.07, 6.45) is 2.66. The number of rotatable bonds is 3. The summed E-state index contributed by atoms with van der Waals surface area (Å²) in [7, 11) is 1.91. The Bertz CT molecular complexity index is 608. The largest absolute Gasteiger partial charge is 0.320 e. The smallest absolute Gasteiger partial charge is 0.269 e. The van der Waals surface area contributed by atoms with E-state index in [1.165, 1.54) is 6.07 Å². The molecule has 1 fully saturated rings. The quantitative estimate of drug-likeness (QED) is 0.611. The van der Waals surface area contributed by atoms with E-state index >= 15 is 0 Å². The van der Waals surface area contributed by atoms with Crippen molar-refractivity contribution in [2.45, 2.75) is 18.3 Å². The maximum Gasteiger partial charge on any atom is 0.269 e. The van der Waals surface area contributed by atoms with Gasteiger partial charge in [0.15, 0.2) is 0 Å². The number of hydrogen-bond acceptors (Lipinski definition) is 4. The molecule has 0 saturated heterocycles. The molecule has 0 N–H and O–H groups in total. The molecule has 0 radical (unpaired) electrons. The molecule has 0 unspecified atom stereocenters. The second-order valence-electron chi connectivity index (χ2n) is 4.60. The molecule has 1 aromatic carbocycles. The molecule has 0 amide bonds. The van der Waals surface area contributed by atoms with Crippen LogP contribution < -0.4 is 0 Å². The Hall–Kier alpha value is -2.24. The third-order valence-corrected chi connectivity index (χ3v) is 3.38. The fourth-order valence-electron chi connectivity index (χ4n) is 2.35. The van der Waals surface area contributed by atoms with Crippen molar-refractivity contribution >= 4 is 5.69 Å². The Labute approximate surface area is 103 Å². The minimum atomic E-state index is -0.358. The maximum absolute atomic E-state index is 10.7. The van der Waals surface area contributed by atoms with E-state index in [0.29, 0.717) is 11.8 Å². The van der Waals surface area contributed by atoms with Gasteiger partial charge < -0.3 is 4.57 Å². The fourth-order valence-corrected chi connectivity index (χ4v) is 2.35. The van der Waals surface area contributed by atoms with Crippen LogP contribution in [0.1, 0.15) is 29.6 Å². The number of hydrogen-bond donors (Lipinski definition) is 0. The second kappa shape index (κ2) is 3.90. The van der Waals surface area contributed by atoms with Crippen LogP contribution in [0.3, 0.4) is 0 Å². The van der Waals surface area contributed by atoms with Gasteiger partial charge in [-0.2, -0.15) is 0 Å². The molecule has 6 heteroatoms. The van der Waals surface area contributed by atoms with Crippen molar-refractivity contribution in [3.8, 4) is 0 Å². The highest BCUT2D eigenvalue weighted by Gasteiger charge is 2.42. The van der Waals surface area contributed by atoms with E-state index in [0.717, 1.165) is 17.8 Å². The monoisotopic (exact) mass is 244 g/mol. The number of nitrogens with zero attached hydrogens (tertiary/aromatic N) is 4. The molecule has 92 valence electrons. The van der Waals surface area contributed by atoms with Crippen molar-refractivity contribution in [2.24, 2.45) is 7.05 Å². The highest BCUT2D eigenvalue weighted by atomic mass is 16.6. The standard InChI is InChI=1S/C12H12N4O2/c1-15-7-13-14-12(15)11-6-10(11)8-3-2-4-9(5-8)16(17)18/h2-5,7,10-11H,6H2,1H3/t10-,11-/m1/s1. The van der Waals surface area contributed by atoms with E-state index in [2.05, 4.69) is 10.2 Å². The Morgan fingerprint density at radius 2 is 2.28 bits per heavy atom. The lowest BCUT2D eigenvalue weighted by Gasteiger charge is -2.00. The third-order valence-electron chi connectivity index (χ3n) is 3.38. The van der Waals surface area contributed by atoms with Gasteiger partial charge in [0.2, 0.25) is 0 Å². The van der Waals surface area contributed by atoms with Crippen LogP contribution in [-0.4, -0.2) is 19.7 Å². The molecule has 1 saturated carbocycles. The Morgan fingerprint density at radius 3 is 2.94 bits per heavy atom. The predicted molar refractivity (Wildman–Crippen MR) is 64.2 cm³/mol. The van der Waals surface area contributed by atoms with Gasteiger partial charge >= 0.3 is 0 Å². The minimum absolute atomic E-state index is 0.149. The zero-order valence-electron chi connectivity index (χ0n) is 9.85. The van der Waals surface area contributed by atoms with E-state index in [-0.39, 0.29) is 10.6 Å². The van der Waals surface area contributed by atoms with Crippen LogP contribution in [0.5, 0.6) is 0 Å². The van der Waals surface area contributed by atoms with Crippen LogP contribution in [-0.2, 0) is 7.05 Å². The van der Waals surface area contributed by atoms with Crippen LogP contribution >= 0.6 is 0 Å². The summed E-state index contributed by atoms with van der Waals surface area (Å²) in [5.41, 5.74) is 1.16. The van der Waals surface area contributed by atoms with E-state index in [4.69, 9.17) is 0 Å². The molecule has 0 spiro atoms. The number of nitro benzene ring substituents is 1. The van der Waals surface area contributed by atoms with Crippen LogP contribution in [0.15, 0.2) is 30.6 Å². The molecule has 1 aliphatic rings. The molecule has 2 atom stereocenters. The zero-order chi connectivity index (χ0) is 12.7. The normalized spacial score (nSPS) is 21.8. The van der Waals surface area contributed by atoms with Gasteiger partial charge in [-0.1, -0.05) is 12.1 Å². The van der Waals surface area contributed by atoms with Gasteiger partial charge in [0, 0.05) is 25.1 Å². The number of nitro groups is 1. The van der Waals surface area contributed by atoms with Crippen molar-refractivity contribution in [3.05, 3.63) is 52.1 Å². The summed E-state index contributed by atoms with van der Waals surface area (Å²) in [4.78, 5) is 10.4. The fraction of sp³-hybridized carbons (Fsp3) is 0.333. The van der Waals surface area contributed by atoms with Gasteiger partial charge in [0.1, 0.15) is 12.2 Å². The summed E-state index contributed by atoms with van der Waals surface area (Å²) < 4.78 is 1.90. The predicted octanol–water partition coefficient (Wildman–Crippen LogP) is 1.99. The highest BCUT2D eigenvalue weighted by Crippen LogP contribution is 2.54. The lowest BCUT2D eigenvalue weighted by atomic mass is 10.1. The first-order chi connectivity index (χ1) is 8.66. The SMILES string of the molecule is Cn1cnnc1[C@@H]1C[C@@H]1c1cccc([N+](=O)[O-])c1. The molecule has 1 heterocycles. The first kappa shape index (κ1) is 10.9. The van der Waals surface area contributed by atoms with Crippen molar-refractivity contribution in [2.75, 3.05) is 0 Å². The van der Waals surface area contributed by atoms with Crippen LogP contribution in [0.4, 0.5) is 5.69 Å². The summed E-state index contributed by atoms with van der Waals surface area (Å²) in [6, 6.07) is 6.85. The van der Waals surface area contributed by atoms with Crippen molar-refractivity contribution in [1.82, 2.24) is 14.8 Å². The van der Waals surface area contributed by atoms with E-state index in [9.17, 15) is 10.1 Å². The van der Waals surface area contributed by atoms with Crippen molar-refractivity contribution < 1.29 is 4.92 Å². The molecule has 1 aliphatic carbocycles. The molecule has 2 aromatic rings. The number of benzene rings is 1. The van der Waals surface area contributed by atoms with E-state index in [1.807, 2.05) is 17.7 Å². The van der Waals surface area contributed by atoms with Crippen LogP contribution in [0, 0.1) is 10.1 Å². The third kappa shape index (κ3) is 1.75. The first-order valence-electron chi connectivity index (χ1n) is 5.75.